The van der Waals surface area contributed by atoms with E-state index in [1.807, 2.05) is 14.0 Å². The molecule has 0 bridgehead atoms. The molecule has 4 rings (SSSR count). The van der Waals surface area contributed by atoms with Crippen LogP contribution in [-0.4, -0.2) is 98.3 Å². The molecule has 3 heterocycles. The zero-order valence-corrected chi connectivity index (χ0v) is 20.5. The van der Waals surface area contributed by atoms with Gasteiger partial charge in [0.15, 0.2) is 0 Å². The summed E-state index contributed by atoms with van der Waals surface area (Å²) < 4.78 is 46.1. The predicted octanol–water partition coefficient (Wildman–Crippen LogP) is 2.80. The molecule has 202 valence electrons. The van der Waals surface area contributed by atoms with Crippen LogP contribution in [0.2, 0.25) is 0 Å². The summed E-state index contributed by atoms with van der Waals surface area (Å²) in [6, 6.07) is 4.68. The Kier molecular flexibility index (Phi) is 7.33. The Morgan fingerprint density at radius 2 is 2.03 bits per heavy atom. The van der Waals surface area contributed by atoms with Crippen molar-refractivity contribution in [2.75, 3.05) is 46.3 Å². The van der Waals surface area contributed by atoms with E-state index in [2.05, 4.69) is 14.8 Å². The Balaban J connectivity index is 1.30. The monoisotopic (exact) mass is 526 g/mol. The molecule has 0 radical (unpaired) electrons. The Bertz CT molecular complexity index is 1120. The van der Waals surface area contributed by atoms with Gasteiger partial charge in [0.05, 0.1) is 18.2 Å². The van der Waals surface area contributed by atoms with Gasteiger partial charge < -0.3 is 29.8 Å². The number of rotatable bonds is 8. The fraction of sp³-hybridized carbons (Fsp3) is 0.565. The third-order valence-electron chi connectivity index (χ3n) is 6.72. The van der Waals surface area contributed by atoms with Crippen molar-refractivity contribution in [2.24, 2.45) is 0 Å². The zero-order chi connectivity index (χ0) is 27.0. The molecule has 1 aromatic carbocycles. The number of amides is 1. The standard InChI is InChI=1S/C23H29F3N6O5/c1-22(15-30-13-19(32(35)36)27-20(30)37-22)14-28(2)7-8-29-9-10-31(21(33)34)18(12-29)11-16-3-5-17(6-4-16)23(24,25)26/h3-6,13,18H,7-12,14-15H2,1-2H3,(H,33,34)/t18-,22?/m0/s1. The lowest BCUT2D eigenvalue weighted by atomic mass is 10.0. The number of fused-ring (bicyclic) bond motifs is 1. The molecular formula is C23H29F3N6O5. The molecule has 14 heteroatoms. The maximum absolute atomic E-state index is 12.9. The molecule has 2 atom stereocenters. The highest BCUT2D eigenvalue weighted by Crippen LogP contribution is 2.32. The minimum absolute atomic E-state index is 0.221. The van der Waals surface area contributed by atoms with Gasteiger partial charge in [0.1, 0.15) is 11.8 Å². The maximum atomic E-state index is 12.9. The van der Waals surface area contributed by atoms with Gasteiger partial charge in [-0.15, -0.1) is 0 Å². The van der Waals surface area contributed by atoms with Crippen molar-refractivity contribution in [3.05, 3.63) is 51.7 Å². The second-order valence-electron chi connectivity index (χ2n) is 9.89. The summed E-state index contributed by atoms with van der Waals surface area (Å²) in [6.45, 7) is 5.56. The van der Waals surface area contributed by atoms with E-state index in [1.54, 1.807) is 4.57 Å². The largest absolute Gasteiger partial charge is 0.465 e. The van der Waals surface area contributed by atoms with Crippen LogP contribution in [0.15, 0.2) is 30.5 Å². The van der Waals surface area contributed by atoms with Gasteiger partial charge in [0.25, 0.3) is 0 Å². The number of carbonyl (C=O) groups is 1. The molecule has 1 fully saturated rings. The lowest BCUT2D eigenvalue weighted by molar-refractivity contribution is -0.389. The molecule has 1 amide bonds. The molecule has 0 spiro atoms. The van der Waals surface area contributed by atoms with Crippen LogP contribution in [0, 0.1) is 10.1 Å². The van der Waals surface area contributed by atoms with Crippen molar-refractivity contribution in [3.8, 4) is 6.01 Å². The summed E-state index contributed by atoms with van der Waals surface area (Å²) >= 11 is 0. The predicted molar refractivity (Wildman–Crippen MR) is 126 cm³/mol. The van der Waals surface area contributed by atoms with Crippen molar-refractivity contribution < 1.29 is 32.7 Å². The Hall–Kier alpha value is -3.39. The normalized spacial score (nSPS) is 22.2. The van der Waals surface area contributed by atoms with E-state index in [1.165, 1.54) is 23.2 Å². The number of ether oxygens (including phenoxy) is 1. The fourth-order valence-electron chi connectivity index (χ4n) is 4.98. The van der Waals surface area contributed by atoms with Crippen LogP contribution >= 0.6 is 0 Å². The Morgan fingerprint density at radius 1 is 1.32 bits per heavy atom. The number of aromatic nitrogens is 2. The first kappa shape index (κ1) is 26.7. The summed E-state index contributed by atoms with van der Waals surface area (Å²) in [5.41, 5.74) is -0.687. The van der Waals surface area contributed by atoms with Gasteiger partial charge in [-0.05, 0) is 43.0 Å². The van der Waals surface area contributed by atoms with E-state index in [0.717, 1.165) is 12.1 Å². The summed E-state index contributed by atoms with van der Waals surface area (Å²) in [5.74, 6) is -0.253. The number of halogens is 3. The van der Waals surface area contributed by atoms with Gasteiger partial charge in [0, 0.05) is 44.3 Å². The van der Waals surface area contributed by atoms with Crippen LogP contribution in [0.1, 0.15) is 18.1 Å². The first-order chi connectivity index (χ1) is 17.3. The Morgan fingerprint density at radius 3 is 2.62 bits per heavy atom. The van der Waals surface area contributed by atoms with Crippen molar-refractivity contribution >= 4 is 11.9 Å². The number of nitrogens with zero attached hydrogens (tertiary/aromatic N) is 6. The van der Waals surface area contributed by atoms with Crippen molar-refractivity contribution in [2.45, 2.75) is 37.7 Å². The number of hydrogen-bond donors (Lipinski definition) is 1. The van der Waals surface area contributed by atoms with Gasteiger partial charge >= 0.3 is 24.1 Å². The lowest BCUT2D eigenvalue weighted by Gasteiger charge is -2.40. The maximum Gasteiger partial charge on any atom is 0.416 e. The molecule has 0 aliphatic carbocycles. The number of hydrogen-bond acceptors (Lipinski definition) is 7. The minimum Gasteiger partial charge on any atom is -0.465 e. The highest BCUT2D eigenvalue weighted by atomic mass is 19.4. The second kappa shape index (κ2) is 10.2. The Labute approximate surface area is 211 Å². The molecule has 1 saturated heterocycles. The van der Waals surface area contributed by atoms with Gasteiger partial charge in [-0.25, -0.2) is 4.79 Å². The number of alkyl halides is 3. The van der Waals surface area contributed by atoms with E-state index >= 15 is 0 Å². The second-order valence-corrected chi connectivity index (χ2v) is 9.89. The number of carboxylic acid groups (broad SMARTS) is 1. The molecule has 37 heavy (non-hydrogen) atoms. The third kappa shape index (κ3) is 6.31. The fourth-order valence-corrected chi connectivity index (χ4v) is 4.98. The molecule has 1 unspecified atom stereocenters. The average Bonchev–Trinajstić information content (AvgIpc) is 3.32. The molecule has 1 N–H and O–H groups in total. The molecule has 11 nitrogen and oxygen atoms in total. The molecule has 2 aliphatic rings. The van der Waals surface area contributed by atoms with E-state index in [-0.39, 0.29) is 17.9 Å². The van der Waals surface area contributed by atoms with Crippen LogP contribution in [-0.2, 0) is 19.1 Å². The summed E-state index contributed by atoms with van der Waals surface area (Å²) in [7, 11) is 1.94. The summed E-state index contributed by atoms with van der Waals surface area (Å²) in [4.78, 5) is 31.6. The smallest absolute Gasteiger partial charge is 0.416 e. The van der Waals surface area contributed by atoms with E-state index < -0.39 is 28.4 Å². The third-order valence-corrected chi connectivity index (χ3v) is 6.72. The molecule has 2 aromatic rings. The first-order valence-electron chi connectivity index (χ1n) is 11.8. The van der Waals surface area contributed by atoms with E-state index in [0.29, 0.717) is 57.8 Å². The summed E-state index contributed by atoms with van der Waals surface area (Å²) in [5, 5.41) is 20.5. The van der Waals surface area contributed by atoms with Crippen LogP contribution in [0.5, 0.6) is 6.01 Å². The SMILES string of the molecule is CN(CCN1CCN(C(=O)O)[C@@H](Cc2ccc(C(F)(F)F)cc2)C1)CC1(C)Cn2cc([N+](=O)[O-])nc2O1. The quantitative estimate of drug-likeness (QED) is 0.412. The average molecular weight is 527 g/mol. The van der Waals surface area contributed by atoms with Crippen LogP contribution in [0.4, 0.5) is 23.8 Å². The van der Waals surface area contributed by atoms with Crippen LogP contribution in [0.25, 0.3) is 0 Å². The van der Waals surface area contributed by atoms with Crippen molar-refractivity contribution in [1.29, 1.82) is 0 Å². The van der Waals surface area contributed by atoms with Crippen molar-refractivity contribution in [3.63, 3.8) is 0 Å². The van der Waals surface area contributed by atoms with E-state index in [4.69, 9.17) is 4.74 Å². The topological polar surface area (TPSA) is 117 Å². The highest BCUT2D eigenvalue weighted by Gasteiger charge is 2.41. The zero-order valence-electron chi connectivity index (χ0n) is 20.5. The highest BCUT2D eigenvalue weighted by molar-refractivity contribution is 5.65. The minimum atomic E-state index is -4.42. The van der Waals surface area contributed by atoms with Crippen LogP contribution < -0.4 is 4.74 Å². The molecular weight excluding hydrogens is 497 g/mol. The van der Waals surface area contributed by atoms with Gasteiger partial charge in [0.2, 0.25) is 0 Å². The van der Waals surface area contributed by atoms with Gasteiger partial charge in [-0.2, -0.15) is 13.2 Å². The number of imidazole rings is 1. The molecule has 2 aliphatic heterocycles. The number of likely N-dealkylation sites (N-methyl/N-ethyl adjacent to an activating group) is 1. The number of benzene rings is 1. The van der Waals surface area contributed by atoms with Crippen molar-refractivity contribution in [1.82, 2.24) is 24.3 Å². The lowest BCUT2D eigenvalue weighted by Crippen LogP contribution is -2.56. The van der Waals surface area contributed by atoms with Gasteiger partial charge in [-0.1, -0.05) is 12.1 Å². The molecule has 1 aromatic heterocycles. The van der Waals surface area contributed by atoms with Gasteiger partial charge in [-0.3, -0.25) is 9.47 Å². The number of nitro groups is 1. The first-order valence-corrected chi connectivity index (χ1v) is 11.8. The van der Waals surface area contributed by atoms with Crippen LogP contribution in [0.3, 0.4) is 0 Å². The van der Waals surface area contributed by atoms with E-state index in [9.17, 15) is 33.2 Å². The summed E-state index contributed by atoms with van der Waals surface area (Å²) in [6.07, 6.45) is -3.78. The number of piperazine rings is 1. The molecule has 0 saturated carbocycles.